The average Bonchev–Trinajstić information content (AvgIpc) is 2.46. The minimum Gasteiger partial charge on any atom is -0.298 e. The van der Waals surface area contributed by atoms with Crippen LogP contribution in [0.25, 0.3) is 0 Å². The standard InChI is InChI=1S/C20H41NO2S/c1-4-6-8-10-12-14-16-19(15-13-11-9-7-5-2)21-17-20(18-21)24(3,22)23/h19-20H,4-18H2,1-3H3. The number of unbranched alkanes of at least 4 members (excludes halogenated alkanes) is 9. The number of likely N-dealkylation sites (tertiary alicyclic amines) is 1. The van der Waals surface area contributed by atoms with Crippen molar-refractivity contribution in [2.75, 3.05) is 19.3 Å². The quantitative estimate of drug-likeness (QED) is 0.377. The van der Waals surface area contributed by atoms with E-state index >= 15 is 0 Å². The molecule has 3 nitrogen and oxygen atoms in total. The summed E-state index contributed by atoms with van der Waals surface area (Å²) in [6.07, 6.45) is 18.6. The van der Waals surface area contributed by atoms with Gasteiger partial charge in [-0.05, 0) is 12.8 Å². The molecule has 1 rings (SSSR count). The van der Waals surface area contributed by atoms with Gasteiger partial charge in [-0.3, -0.25) is 4.90 Å². The van der Waals surface area contributed by atoms with E-state index in [9.17, 15) is 8.42 Å². The van der Waals surface area contributed by atoms with Crippen LogP contribution in [0.15, 0.2) is 0 Å². The fraction of sp³-hybridized carbons (Fsp3) is 1.00. The number of rotatable bonds is 15. The lowest BCUT2D eigenvalue weighted by Gasteiger charge is -2.43. The SMILES string of the molecule is CCCCCCCCC(CCCCCCC)N1CC(S(C)(=O)=O)C1. The molecule has 0 aromatic carbocycles. The highest BCUT2D eigenvalue weighted by molar-refractivity contribution is 7.91. The van der Waals surface area contributed by atoms with Gasteiger partial charge in [0.2, 0.25) is 0 Å². The summed E-state index contributed by atoms with van der Waals surface area (Å²) in [6, 6.07) is 0.621. The summed E-state index contributed by atoms with van der Waals surface area (Å²) < 4.78 is 23.3. The Balaban J connectivity index is 2.28. The summed E-state index contributed by atoms with van der Waals surface area (Å²) in [5, 5.41) is -0.107. The van der Waals surface area contributed by atoms with Crippen molar-refractivity contribution in [3.05, 3.63) is 0 Å². The highest BCUT2D eigenvalue weighted by Crippen LogP contribution is 2.25. The molecule has 0 spiro atoms. The molecule has 1 atom stereocenters. The van der Waals surface area contributed by atoms with Crippen LogP contribution in [0, 0.1) is 0 Å². The topological polar surface area (TPSA) is 37.4 Å². The summed E-state index contributed by atoms with van der Waals surface area (Å²) in [5.41, 5.74) is 0. The molecule has 0 N–H and O–H groups in total. The van der Waals surface area contributed by atoms with Crippen LogP contribution in [0.3, 0.4) is 0 Å². The molecule has 0 aromatic heterocycles. The van der Waals surface area contributed by atoms with E-state index in [0.717, 1.165) is 13.1 Å². The van der Waals surface area contributed by atoms with Gasteiger partial charge in [0, 0.05) is 25.4 Å². The van der Waals surface area contributed by atoms with Crippen LogP contribution in [0.1, 0.15) is 97.3 Å². The third kappa shape index (κ3) is 8.84. The first kappa shape index (κ1) is 22.0. The molecule has 0 bridgehead atoms. The smallest absolute Gasteiger partial charge is 0.152 e. The van der Waals surface area contributed by atoms with Gasteiger partial charge >= 0.3 is 0 Å². The van der Waals surface area contributed by atoms with Gasteiger partial charge in [-0.1, -0.05) is 84.5 Å². The lowest BCUT2D eigenvalue weighted by atomic mass is 9.96. The van der Waals surface area contributed by atoms with Crippen molar-refractivity contribution in [1.82, 2.24) is 4.90 Å². The van der Waals surface area contributed by atoms with Gasteiger partial charge in [0.05, 0.1) is 5.25 Å². The Labute approximate surface area is 151 Å². The molecule has 0 aromatic rings. The molecule has 144 valence electrons. The molecular formula is C20H41NO2S. The summed E-state index contributed by atoms with van der Waals surface area (Å²) in [7, 11) is -2.84. The van der Waals surface area contributed by atoms with E-state index in [-0.39, 0.29) is 5.25 Å². The normalized spacial score (nSPS) is 17.8. The molecule has 1 heterocycles. The van der Waals surface area contributed by atoms with E-state index in [1.54, 1.807) is 0 Å². The first-order chi connectivity index (χ1) is 11.5. The molecular weight excluding hydrogens is 318 g/mol. The zero-order valence-electron chi connectivity index (χ0n) is 16.4. The Hall–Kier alpha value is -0.0900. The lowest BCUT2D eigenvalue weighted by Crippen LogP contribution is -2.58. The Bertz CT molecular complexity index is 402. The van der Waals surface area contributed by atoms with Gasteiger partial charge in [0.1, 0.15) is 0 Å². The highest BCUT2D eigenvalue weighted by Gasteiger charge is 2.37. The van der Waals surface area contributed by atoms with Crippen molar-refractivity contribution in [3.63, 3.8) is 0 Å². The van der Waals surface area contributed by atoms with Crippen molar-refractivity contribution >= 4 is 9.84 Å². The molecule has 1 aliphatic rings. The fourth-order valence-electron chi connectivity index (χ4n) is 3.69. The fourth-order valence-corrected chi connectivity index (χ4v) is 4.62. The third-order valence-corrected chi connectivity index (χ3v) is 7.04. The molecule has 1 unspecified atom stereocenters. The number of hydrogen-bond acceptors (Lipinski definition) is 3. The first-order valence-corrected chi connectivity index (χ1v) is 12.4. The Morgan fingerprint density at radius 3 is 1.62 bits per heavy atom. The zero-order valence-corrected chi connectivity index (χ0v) is 17.2. The molecule has 0 saturated carbocycles. The first-order valence-electron chi connectivity index (χ1n) is 10.4. The van der Waals surface area contributed by atoms with E-state index in [0.29, 0.717) is 6.04 Å². The van der Waals surface area contributed by atoms with Crippen LogP contribution in [-0.2, 0) is 9.84 Å². The summed E-state index contributed by atoms with van der Waals surface area (Å²) in [4.78, 5) is 2.44. The van der Waals surface area contributed by atoms with Crippen LogP contribution in [0.4, 0.5) is 0 Å². The average molecular weight is 360 g/mol. The van der Waals surface area contributed by atoms with E-state index in [2.05, 4.69) is 18.7 Å². The van der Waals surface area contributed by atoms with E-state index in [4.69, 9.17) is 0 Å². The second kappa shape index (κ2) is 12.3. The van der Waals surface area contributed by atoms with E-state index in [1.165, 1.54) is 89.7 Å². The van der Waals surface area contributed by atoms with Crippen LogP contribution >= 0.6 is 0 Å². The predicted octanol–water partition coefficient (Wildman–Crippen LogP) is 5.19. The van der Waals surface area contributed by atoms with E-state index in [1.807, 2.05) is 0 Å². The van der Waals surface area contributed by atoms with Gasteiger partial charge in [0.25, 0.3) is 0 Å². The molecule has 0 radical (unpaired) electrons. The van der Waals surface area contributed by atoms with Gasteiger partial charge in [0.15, 0.2) is 9.84 Å². The minimum absolute atomic E-state index is 0.107. The Morgan fingerprint density at radius 1 is 0.792 bits per heavy atom. The third-order valence-electron chi connectivity index (χ3n) is 5.53. The number of nitrogens with zero attached hydrogens (tertiary/aromatic N) is 1. The van der Waals surface area contributed by atoms with Crippen LogP contribution in [0.5, 0.6) is 0 Å². The monoisotopic (exact) mass is 359 g/mol. The van der Waals surface area contributed by atoms with Crippen molar-refractivity contribution in [3.8, 4) is 0 Å². The second-order valence-corrected chi connectivity index (χ2v) is 10.1. The van der Waals surface area contributed by atoms with Crippen LogP contribution < -0.4 is 0 Å². The Kier molecular flexibility index (Phi) is 11.2. The molecule has 0 aliphatic carbocycles. The molecule has 1 saturated heterocycles. The second-order valence-electron chi connectivity index (χ2n) is 7.82. The van der Waals surface area contributed by atoms with E-state index < -0.39 is 9.84 Å². The maximum absolute atomic E-state index is 11.6. The molecule has 24 heavy (non-hydrogen) atoms. The Morgan fingerprint density at radius 2 is 1.21 bits per heavy atom. The number of sulfone groups is 1. The molecule has 0 amide bonds. The van der Waals surface area contributed by atoms with Crippen molar-refractivity contribution < 1.29 is 8.42 Å². The van der Waals surface area contributed by atoms with Crippen molar-refractivity contribution in [2.24, 2.45) is 0 Å². The zero-order chi connectivity index (χ0) is 17.8. The minimum atomic E-state index is -2.84. The van der Waals surface area contributed by atoms with Crippen LogP contribution in [0.2, 0.25) is 0 Å². The maximum Gasteiger partial charge on any atom is 0.152 e. The highest BCUT2D eigenvalue weighted by atomic mass is 32.2. The van der Waals surface area contributed by atoms with Crippen LogP contribution in [-0.4, -0.2) is 44.0 Å². The molecule has 1 fully saturated rings. The maximum atomic E-state index is 11.6. The van der Waals surface area contributed by atoms with Gasteiger partial charge < -0.3 is 0 Å². The number of hydrogen-bond donors (Lipinski definition) is 0. The summed E-state index contributed by atoms with van der Waals surface area (Å²) in [6.45, 7) is 6.06. The summed E-state index contributed by atoms with van der Waals surface area (Å²) in [5.74, 6) is 0. The lowest BCUT2D eigenvalue weighted by molar-refractivity contribution is 0.105. The van der Waals surface area contributed by atoms with Gasteiger partial charge in [-0.25, -0.2) is 8.42 Å². The van der Waals surface area contributed by atoms with Crippen molar-refractivity contribution in [2.45, 2.75) is 109 Å². The van der Waals surface area contributed by atoms with Crippen molar-refractivity contribution in [1.29, 1.82) is 0 Å². The molecule has 4 heteroatoms. The van der Waals surface area contributed by atoms with Gasteiger partial charge in [-0.15, -0.1) is 0 Å². The predicted molar refractivity (Wildman–Crippen MR) is 105 cm³/mol. The molecule has 1 aliphatic heterocycles. The van der Waals surface area contributed by atoms with Gasteiger partial charge in [-0.2, -0.15) is 0 Å². The largest absolute Gasteiger partial charge is 0.298 e. The summed E-state index contributed by atoms with van der Waals surface area (Å²) >= 11 is 0.